The summed E-state index contributed by atoms with van der Waals surface area (Å²) in [4.78, 5) is 0. The van der Waals surface area contributed by atoms with E-state index in [1.807, 2.05) is 11.3 Å². The summed E-state index contributed by atoms with van der Waals surface area (Å²) in [6.45, 7) is 6.95. The minimum absolute atomic E-state index is 0.0556. The molecule has 0 aliphatic heterocycles. The average molecular weight is 314 g/mol. The van der Waals surface area contributed by atoms with E-state index < -0.39 is 0 Å². The van der Waals surface area contributed by atoms with E-state index in [1.54, 1.807) is 0 Å². The van der Waals surface area contributed by atoms with Crippen molar-refractivity contribution in [2.24, 2.45) is 0 Å². The van der Waals surface area contributed by atoms with Gasteiger partial charge in [-0.1, -0.05) is 61.9 Å². The van der Waals surface area contributed by atoms with Gasteiger partial charge in [0.15, 0.2) is 0 Å². The highest BCUT2D eigenvalue weighted by Gasteiger charge is 2.37. The molecule has 23 heavy (non-hydrogen) atoms. The van der Waals surface area contributed by atoms with Crippen molar-refractivity contribution >= 4 is 31.5 Å². The molecule has 0 spiro atoms. The first-order valence-corrected chi connectivity index (χ1v) is 8.95. The lowest BCUT2D eigenvalue weighted by molar-refractivity contribution is 0.666. The number of hydrogen-bond acceptors (Lipinski definition) is 1. The Bertz CT molecular complexity index is 1100. The Morgan fingerprint density at radius 2 is 1.61 bits per heavy atom. The van der Waals surface area contributed by atoms with Gasteiger partial charge in [0.1, 0.15) is 0 Å². The molecule has 1 aliphatic carbocycles. The molecule has 0 saturated carbocycles. The molecule has 112 valence electrons. The third kappa shape index (κ3) is 1.61. The molecule has 0 radical (unpaired) electrons. The zero-order valence-electron chi connectivity index (χ0n) is 13.6. The van der Waals surface area contributed by atoms with Crippen molar-refractivity contribution in [3.05, 3.63) is 71.3 Å². The maximum atomic E-state index is 2.38. The van der Waals surface area contributed by atoms with Crippen molar-refractivity contribution < 1.29 is 0 Å². The van der Waals surface area contributed by atoms with Crippen molar-refractivity contribution in [3.8, 4) is 11.1 Å². The number of rotatable bonds is 0. The van der Waals surface area contributed by atoms with Crippen LogP contribution in [0.15, 0.2) is 54.6 Å². The van der Waals surface area contributed by atoms with Crippen LogP contribution in [0.25, 0.3) is 31.3 Å². The van der Waals surface area contributed by atoms with E-state index in [0.717, 1.165) is 0 Å². The Morgan fingerprint density at radius 3 is 2.48 bits per heavy atom. The maximum absolute atomic E-state index is 2.38. The van der Waals surface area contributed by atoms with Crippen LogP contribution in [0.5, 0.6) is 0 Å². The Morgan fingerprint density at radius 1 is 0.826 bits per heavy atom. The fraction of sp³-hybridized carbons (Fsp3) is 0.182. The van der Waals surface area contributed by atoms with Crippen LogP contribution in [-0.4, -0.2) is 0 Å². The summed E-state index contributed by atoms with van der Waals surface area (Å²) in [7, 11) is 0. The van der Waals surface area contributed by atoms with Crippen LogP contribution >= 0.6 is 11.3 Å². The molecule has 4 aromatic rings. The van der Waals surface area contributed by atoms with Crippen molar-refractivity contribution in [2.75, 3.05) is 0 Å². The highest BCUT2D eigenvalue weighted by Crippen LogP contribution is 2.53. The SMILES string of the molecule is Cc1ccc2c(c1)C(C)(C)c1c-2ccc2sc3ccccc3c12. The zero-order chi connectivity index (χ0) is 15.8. The molecule has 1 aromatic heterocycles. The number of aryl methyl sites for hydroxylation is 1. The number of benzene rings is 3. The molecule has 0 saturated heterocycles. The Kier molecular flexibility index (Phi) is 2.46. The predicted octanol–water partition coefficient (Wildman–Crippen LogP) is 6.67. The van der Waals surface area contributed by atoms with Crippen LogP contribution in [0, 0.1) is 6.92 Å². The summed E-state index contributed by atoms with van der Waals surface area (Å²) < 4.78 is 2.79. The lowest BCUT2D eigenvalue weighted by atomic mass is 9.80. The lowest BCUT2D eigenvalue weighted by Crippen LogP contribution is -2.15. The van der Waals surface area contributed by atoms with E-state index in [2.05, 4.69) is 75.4 Å². The minimum atomic E-state index is 0.0556. The van der Waals surface area contributed by atoms with Gasteiger partial charge < -0.3 is 0 Å². The van der Waals surface area contributed by atoms with Gasteiger partial charge in [0.2, 0.25) is 0 Å². The van der Waals surface area contributed by atoms with E-state index >= 15 is 0 Å². The second kappa shape index (κ2) is 4.24. The van der Waals surface area contributed by atoms with Crippen molar-refractivity contribution in [1.82, 2.24) is 0 Å². The van der Waals surface area contributed by atoms with E-state index in [0.29, 0.717) is 0 Å². The number of fused-ring (bicyclic) bond motifs is 7. The molecule has 1 heterocycles. The van der Waals surface area contributed by atoms with Crippen molar-refractivity contribution in [1.29, 1.82) is 0 Å². The molecule has 0 bridgehead atoms. The van der Waals surface area contributed by atoms with Gasteiger partial charge >= 0.3 is 0 Å². The summed E-state index contributed by atoms with van der Waals surface area (Å²) in [5.74, 6) is 0. The first kappa shape index (κ1) is 13.3. The standard InChI is InChI=1S/C22H18S/c1-13-8-9-14-15-10-11-19-20(16-6-4-5-7-18(16)23-19)21(15)22(2,3)17(14)12-13/h4-12H,1-3H3. The van der Waals surface area contributed by atoms with Gasteiger partial charge in [0.25, 0.3) is 0 Å². The third-order valence-corrected chi connectivity index (χ3v) is 6.44. The van der Waals surface area contributed by atoms with Gasteiger partial charge in [-0.05, 0) is 41.3 Å². The Labute approximate surface area is 140 Å². The number of thiophene rings is 1. The molecular formula is C22H18S. The quantitative estimate of drug-likeness (QED) is 0.340. The first-order chi connectivity index (χ1) is 11.1. The minimum Gasteiger partial charge on any atom is -0.135 e. The lowest BCUT2D eigenvalue weighted by Gasteiger charge is -2.23. The predicted molar refractivity (Wildman–Crippen MR) is 102 cm³/mol. The van der Waals surface area contributed by atoms with Crippen molar-refractivity contribution in [2.45, 2.75) is 26.2 Å². The molecule has 0 atom stereocenters. The fourth-order valence-corrected chi connectivity index (χ4v) is 5.35. The summed E-state index contributed by atoms with van der Waals surface area (Å²) in [5, 5.41) is 2.86. The molecule has 0 fully saturated rings. The smallest absolute Gasteiger partial charge is 0.0358 e. The normalized spacial score (nSPS) is 15.1. The zero-order valence-corrected chi connectivity index (χ0v) is 14.4. The highest BCUT2D eigenvalue weighted by atomic mass is 32.1. The van der Waals surface area contributed by atoms with Crippen LogP contribution < -0.4 is 0 Å². The molecule has 3 aromatic carbocycles. The number of hydrogen-bond donors (Lipinski definition) is 0. The maximum Gasteiger partial charge on any atom is 0.0358 e. The Balaban J connectivity index is 2.00. The van der Waals surface area contributed by atoms with Gasteiger partial charge in [0, 0.05) is 25.6 Å². The molecule has 0 nitrogen and oxygen atoms in total. The van der Waals surface area contributed by atoms with Gasteiger partial charge in [-0.15, -0.1) is 11.3 Å². The van der Waals surface area contributed by atoms with Crippen LogP contribution in [0.2, 0.25) is 0 Å². The van der Waals surface area contributed by atoms with Gasteiger partial charge in [-0.2, -0.15) is 0 Å². The third-order valence-electron chi connectivity index (χ3n) is 5.31. The highest BCUT2D eigenvalue weighted by molar-refractivity contribution is 7.25. The van der Waals surface area contributed by atoms with Gasteiger partial charge in [-0.3, -0.25) is 0 Å². The molecule has 5 rings (SSSR count). The van der Waals surface area contributed by atoms with Crippen LogP contribution in [-0.2, 0) is 5.41 Å². The van der Waals surface area contributed by atoms with Crippen molar-refractivity contribution in [3.63, 3.8) is 0 Å². The monoisotopic (exact) mass is 314 g/mol. The van der Waals surface area contributed by atoms with E-state index in [-0.39, 0.29) is 5.41 Å². The topological polar surface area (TPSA) is 0 Å². The summed E-state index contributed by atoms with van der Waals surface area (Å²) >= 11 is 1.91. The Hall–Kier alpha value is -2.12. The molecule has 0 amide bonds. The van der Waals surface area contributed by atoms with Crippen LogP contribution in [0.4, 0.5) is 0 Å². The molecule has 0 unspecified atom stereocenters. The fourth-order valence-electron chi connectivity index (χ4n) is 4.23. The second-order valence-electron chi connectivity index (χ2n) is 7.13. The van der Waals surface area contributed by atoms with E-state index in [9.17, 15) is 0 Å². The molecular weight excluding hydrogens is 296 g/mol. The molecule has 1 heteroatoms. The van der Waals surface area contributed by atoms with Gasteiger partial charge in [-0.25, -0.2) is 0 Å². The van der Waals surface area contributed by atoms with Crippen LogP contribution in [0.3, 0.4) is 0 Å². The second-order valence-corrected chi connectivity index (χ2v) is 8.22. The average Bonchev–Trinajstić information content (AvgIpc) is 3.01. The van der Waals surface area contributed by atoms with E-state index in [1.165, 1.54) is 48.0 Å². The summed E-state index contributed by atoms with van der Waals surface area (Å²) in [5.41, 5.74) is 7.20. The van der Waals surface area contributed by atoms with Crippen LogP contribution in [0.1, 0.15) is 30.5 Å². The van der Waals surface area contributed by atoms with E-state index in [4.69, 9.17) is 0 Å². The largest absolute Gasteiger partial charge is 0.135 e. The molecule has 0 N–H and O–H groups in total. The summed E-state index contributed by atoms with van der Waals surface area (Å²) in [6, 6.07) is 20.4. The molecule has 1 aliphatic rings. The first-order valence-electron chi connectivity index (χ1n) is 8.13. The van der Waals surface area contributed by atoms with Gasteiger partial charge in [0.05, 0.1) is 0 Å². The summed E-state index contributed by atoms with van der Waals surface area (Å²) in [6.07, 6.45) is 0.